The minimum Gasteiger partial charge on any atom is -0.353 e. The molecule has 0 spiro atoms. The molecule has 2 aromatic carbocycles. The summed E-state index contributed by atoms with van der Waals surface area (Å²) in [5.74, 6) is -0.324. The number of carbonyl (C=O) groups excluding carboxylic acids is 1. The van der Waals surface area contributed by atoms with Gasteiger partial charge in [-0.2, -0.15) is 0 Å². The molecule has 0 bridgehead atoms. The summed E-state index contributed by atoms with van der Waals surface area (Å²) < 4.78 is 24.6. The summed E-state index contributed by atoms with van der Waals surface area (Å²) in [6.07, 6.45) is 4.26. The molecule has 5 rings (SSSR count). The number of rotatable bonds is 7. The standard InChI is InChI=1S/C27H33NO5/c29-27-26(33-22-16-8-10-18-31-22)23(19-11-3-1-4-12-19)24(28-27)25(20-13-5-2-6-14-20)32-21-15-7-9-17-30-21/h1-6,11-14,21-26H,7-10,15-18H2,(H,28,29)/t21?,22?,23-,24-,25+,26+/m1/s1. The van der Waals surface area contributed by atoms with E-state index in [2.05, 4.69) is 29.6 Å². The molecule has 6 atom stereocenters. The van der Waals surface area contributed by atoms with Crippen LogP contribution in [-0.2, 0) is 23.7 Å². The van der Waals surface area contributed by atoms with E-state index in [1.54, 1.807) is 0 Å². The summed E-state index contributed by atoms with van der Waals surface area (Å²) in [5, 5.41) is 3.23. The van der Waals surface area contributed by atoms with Gasteiger partial charge in [0.05, 0.1) is 6.04 Å². The van der Waals surface area contributed by atoms with Gasteiger partial charge in [0.25, 0.3) is 0 Å². The monoisotopic (exact) mass is 451 g/mol. The fourth-order valence-electron chi connectivity index (χ4n) is 5.13. The topological polar surface area (TPSA) is 66.0 Å². The lowest BCUT2D eigenvalue weighted by Crippen LogP contribution is -2.39. The Morgan fingerprint density at radius 2 is 1.45 bits per heavy atom. The summed E-state index contributed by atoms with van der Waals surface area (Å²) in [7, 11) is 0. The van der Waals surface area contributed by atoms with Gasteiger partial charge in [0.15, 0.2) is 12.6 Å². The number of nitrogens with one attached hydrogen (secondary N) is 1. The van der Waals surface area contributed by atoms with Crippen LogP contribution in [0.2, 0.25) is 0 Å². The van der Waals surface area contributed by atoms with Crippen LogP contribution >= 0.6 is 0 Å². The smallest absolute Gasteiger partial charge is 0.250 e. The Balaban J connectivity index is 1.47. The molecule has 3 fully saturated rings. The van der Waals surface area contributed by atoms with Crippen LogP contribution in [0.5, 0.6) is 0 Å². The first-order valence-corrected chi connectivity index (χ1v) is 12.2. The molecular formula is C27H33NO5. The van der Waals surface area contributed by atoms with Gasteiger partial charge >= 0.3 is 0 Å². The van der Waals surface area contributed by atoms with E-state index in [4.69, 9.17) is 18.9 Å². The van der Waals surface area contributed by atoms with Crippen molar-refractivity contribution in [1.82, 2.24) is 5.32 Å². The van der Waals surface area contributed by atoms with Crippen LogP contribution in [0.3, 0.4) is 0 Å². The molecule has 2 unspecified atom stereocenters. The van der Waals surface area contributed by atoms with Crippen LogP contribution in [0.1, 0.15) is 61.7 Å². The van der Waals surface area contributed by atoms with Crippen molar-refractivity contribution in [2.45, 2.75) is 75.3 Å². The van der Waals surface area contributed by atoms with Crippen molar-refractivity contribution in [3.8, 4) is 0 Å². The zero-order valence-corrected chi connectivity index (χ0v) is 18.9. The maximum atomic E-state index is 13.3. The van der Waals surface area contributed by atoms with Gasteiger partial charge < -0.3 is 24.3 Å². The number of hydrogen-bond donors (Lipinski definition) is 1. The second kappa shape index (κ2) is 10.8. The van der Waals surface area contributed by atoms with E-state index >= 15 is 0 Å². The van der Waals surface area contributed by atoms with Crippen molar-refractivity contribution in [1.29, 1.82) is 0 Å². The van der Waals surface area contributed by atoms with Crippen LogP contribution in [0.4, 0.5) is 0 Å². The Bertz CT molecular complexity index is 880. The molecule has 1 N–H and O–H groups in total. The molecule has 33 heavy (non-hydrogen) atoms. The molecule has 3 saturated heterocycles. The molecule has 176 valence electrons. The van der Waals surface area contributed by atoms with Gasteiger partial charge in [0.2, 0.25) is 5.91 Å². The number of carbonyl (C=O) groups is 1. The lowest BCUT2D eigenvalue weighted by atomic mass is 9.85. The van der Waals surface area contributed by atoms with Crippen LogP contribution in [-0.4, -0.2) is 43.8 Å². The van der Waals surface area contributed by atoms with Gasteiger partial charge in [0, 0.05) is 19.1 Å². The van der Waals surface area contributed by atoms with Crippen molar-refractivity contribution in [2.75, 3.05) is 13.2 Å². The highest BCUT2D eigenvalue weighted by Gasteiger charge is 2.49. The Morgan fingerprint density at radius 1 is 0.818 bits per heavy atom. The average molecular weight is 452 g/mol. The second-order valence-corrected chi connectivity index (χ2v) is 9.09. The first kappa shape index (κ1) is 22.5. The quantitative estimate of drug-likeness (QED) is 0.673. The third-order valence-corrected chi connectivity index (χ3v) is 6.79. The van der Waals surface area contributed by atoms with Gasteiger partial charge in [0.1, 0.15) is 12.2 Å². The molecule has 6 heteroatoms. The minimum atomic E-state index is -0.636. The van der Waals surface area contributed by atoms with Crippen LogP contribution in [0, 0.1) is 0 Å². The normalized spacial score (nSPS) is 31.2. The number of amides is 1. The zero-order valence-electron chi connectivity index (χ0n) is 18.9. The van der Waals surface area contributed by atoms with E-state index in [1.807, 2.05) is 36.4 Å². The largest absolute Gasteiger partial charge is 0.353 e. The van der Waals surface area contributed by atoms with Crippen LogP contribution < -0.4 is 5.32 Å². The second-order valence-electron chi connectivity index (χ2n) is 9.09. The molecule has 0 saturated carbocycles. The van der Waals surface area contributed by atoms with E-state index in [0.29, 0.717) is 13.2 Å². The van der Waals surface area contributed by atoms with E-state index < -0.39 is 6.10 Å². The van der Waals surface area contributed by atoms with Gasteiger partial charge in [-0.1, -0.05) is 60.7 Å². The molecule has 2 aromatic rings. The Hall–Kier alpha value is -2.25. The molecule has 3 aliphatic rings. The minimum absolute atomic E-state index is 0.114. The van der Waals surface area contributed by atoms with Crippen molar-refractivity contribution in [3.05, 3.63) is 71.8 Å². The highest BCUT2D eigenvalue weighted by atomic mass is 16.7. The Morgan fingerprint density at radius 3 is 2.09 bits per heavy atom. The Kier molecular flexibility index (Phi) is 7.37. The van der Waals surface area contributed by atoms with Gasteiger partial charge in [-0.25, -0.2) is 0 Å². The third kappa shape index (κ3) is 5.30. The average Bonchev–Trinajstić information content (AvgIpc) is 3.20. The summed E-state index contributed by atoms with van der Waals surface area (Å²) in [6, 6.07) is 20.0. The van der Waals surface area contributed by atoms with Gasteiger partial charge in [-0.15, -0.1) is 0 Å². The molecule has 0 aliphatic carbocycles. The van der Waals surface area contributed by atoms with E-state index in [9.17, 15) is 4.79 Å². The molecule has 0 radical (unpaired) electrons. The number of benzene rings is 2. The lowest BCUT2D eigenvalue weighted by molar-refractivity contribution is -0.201. The summed E-state index contributed by atoms with van der Waals surface area (Å²) in [6.45, 7) is 1.38. The first-order valence-electron chi connectivity index (χ1n) is 12.2. The third-order valence-electron chi connectivity index (χ3n) is 6.79. The molecule has 0 aromatic heterocycles. The van der Waals surface area contributed by atoms with Crippen molar-refractivity contribution < 1.29 is 23.7 Å². The lowest BCUT2D eigenvalue weighted by Gasteiger charge is -2.35. The van der Waals surface area contributed by atoms with Crippen molar-refractivity contribution in [2.24, 2.45) is 0 Å². The zero-order chi connectivity index (χ0) is 22.5. The highest BCUT2D eigenvalue weighted by molar-refractivity contribution is 5.85. The predicted octanol–water partition coefficient (Wildman–Crippen LogP) is 4.46. The Labute approximate surface area is 195 Å². The van der Waals surface area contributed by atoms with Crippen molar-refractivity contribution >= 4 is 5.91 Å². The number of ether oxygens (including phenoxy) is 4. The fraction of sp³-hybridized carbons (Fsp3) is 0.519. The molecule has 1 amide bonds. The van der Waals surface area contributed by atoms with Crippen LogP contribution in [0.15, 0.2) is 60.7 Å². The molecule has 3 aliphatic heterocycles. The number of hydrogen-bond acceptors (Lipinski definition) is 5. The van der Waals surface area contributed by atoms with Crippen LogP contribution in [0.25, 0.3) is 0 Å². The summed E-state index contributed by atoms with van der Waals surface area (Å²) in [5.41, 5.74) is 2.07. The van der Waals surface area contributed by atoms with E-state index in [0.717, 1.165) is 49.7 Å². The first-order chi connectivity index (χ1) is 16.3. The summed E-state index contributed by atoms with van der Waals surface area (Å²) in [4.78, 5) is 13.3. The highest BCUT2D eigenvalue weighted by Crippen LogP contribution is 2.41. The maximum Gasteiger partial charge on any atom is 0.250 e. The van der Waals surface area contributed by atoms with E-state index in [-0.39, 0.29) is 36.6 Å². The van der Waals surface area contributed by atoms with E-state index in [1.165, 1.54) is 0 Å². The molecule has 6 nitrogen and oxygen atoms in total. The maximum absolute atomic E-state index is 13.3. The SMILES string of the molecule is O=C1N[C@@H]([C@@H](OC2CCCCO2)c2ccccc2)[C@@H](c2ccccc2)[C@@H]1OC1CCCCO1. The molecule has 3 heterocycles. The predicted molar refractivity (Wildman–Crippen MR) is 123 cm³/mol. The summed E-state index contributed by atoms with van der Waals surface area (Å²) >= 11 is 0. The van der Waals surface area contributed by atoms with Gasteiger partial charge in [-0.3, -0.25) is 4.79 Å². The molecular weight excluding hydrogens is 418 g/mol. The fourth-order valence-corrected chi connectivity index (χ4v) is 5.13. The van der Waals surface area contributed by atoms with Gasteiger partial charge in [-0.05, 0) is 49.7 Å². The van der Waals surface area contributed by atoms with Crippen molar-refractivity contribution in [3.63, 3.8) is 0 Å².